The van der Waals surface area contributed by atoms with E-state index in [0.29, 0.717) is 12.8 Å². The molecule has 3 atom stereocenters. The molecule has 130 valence electrons. The Morgan fingerprint density at radius 3 is 1.91 bits per heavy atom. The van der Waals surface area contributed by atoms with Crippen molar-refractivity contribution in [3.05, 3.63) is 37.1 Å². The van der Waals surface area contributed by atoms with E-state index in [1.165, 1.54) is 0 Å². The summed E-state index contributed by atoms with van der Waals surface area (Å²) in [6.07, 6.45) is 13.1. The van der Waals surface area contributed by atoms with Gasteiger partial charge in [0.25, 0.3) is 0 Å². The van der Waals surface area contributed by atoms with Crippen LogP contribution in [0, 0.1) is 0 Å². The van der Waals surface area contributed by atoms with Gasteiger partial charge in [-0.2, -0.15) is 0 Å². The Labute approximate surface area is 135 Å². The van der Waals surface area contributed by atoms with Crippen LogP contribution in [0.2, 0.25) is 0 Å². The molecule has 0 radical (unpaired) electrons. The van der Waals surface area contributed by atoms with Gasteiger partial charge in [-0.25, -0.2) is 0 Å². The fraction of sp³-hybridized carbons (Fsp3) is 0.667. The Morgan fingerprint density at radius 2 is 1.41 bits per heavy atom. The van der Waals surface area contributed by atoms with Crippen LogP contribution in [0.1, 0.15) is 58.8 Å². The van der Waals surface area contributed by atoms with Crippen molar-refractivity contribution in [3.63, 3.8) is 0 Å². The summed E-state index contributed by atoms with van der Waals surface area (Å²) in [5, 5.41) is 35.3. The zero-order valence-corrected chi connectivity index (χ0v) is 14.1. The summed E-state index contributed by atoms with van der Waals surface area (Å²) in [4.78, 5) is 0. The highest BCUT2D eigenvalue weighted by Gasteiger charge is 1.99. The van der Waals surface area contributed by atoms with Crippen LogP contribution < -0.4 is 0 Å². The van der Waals surface area contributed by atoms with Crippen molar-refractivity contribution in [2.24, 2.45) is 0 Å². The van der Waals surface area contributed by atoms with Crippen LogP contribution in [0.15, 0.2) is 37.1 Å². The first-order chi connectivity index (χ1) is 10.4. The van der Waals surface area contributed by atoms with E-state index in [4.69, 9.17) is 15.3 Å². The monoisotopic (exact) mass is 314 g/mol. The van der Waals surface area contributed by atoms with Gasteiger partial charge in [-0.15, -0.1) is 6.58 Å². The van der Waals surface area contributed by atoms with Gasteiger partial charge >= 0.3 is 0 Å². The Kier molecular flexibility index (Phi) is 18.9. The predicted octanol–water partition coefficient (Wildman–Crippen LogP) is 3.64. The minimum Gasteiger partial charge on any atom is -0.516 e. The number of aliphatic hydroxyl groups excluding tert-OH is 4. The Hall–Kier alpha value is -1.10. The Morgan fingerprint density at radius 1 is 0.818 bits per heavy atom. The lowest BCUT2D eigenvalue weighted by Crippen LogP contribution is -2.04. The SMILES string of the molecule is C=CCCC(O)CCC=CO.CC(O)CC=CCCC(C)O. The van der Waals surface area contributed by atoms with Crippen LogP contribution in [0.5, 0.6) is 0 Å². The zero-order valence-electron chi connectivity index (χ0n) is 14.1. The van der Waals surface area contributed by atoms with Crippen LogP contribution in [0.3, 0.4) is 0 Å². The second-order valence-electron chi connectivity index (χ2n) is 5.46. The average molecular weight is 314 g/mol. The molecule has 4 nitrogen and oxygen atoms in total. The van der Waals surface area contributed by atoms with Crippen LogP contribution in [0.4, 0.5) is 0 Å². The van der Waals surface area contributed by atoms with Gasteiger partial charge in [-0.05, 0) is 58.8 Å². The lowest BCUT2D eigenvalue weighted by molar-refractivity contribution is 0.157. The van der Waals surface area contributed by atoms with E-state index in [9.17, 15) is 5.11 Å². The molecule has 0 aliphatic rings. The number of rotatable bonds is 11. The van der Waals surface area contributed by atoms with Crippen LogP contribution in [0.25, 0.3) is 0 Å². The second kappa shape index (κ2) is 18.0. The van der Waals surface area contributed by atoms with Gasteiger partial charge in [-0.3, -0.25) is 0 Å². The number of hydrogen-bond donors (Lipinski definition) is 4. The lowest BCUT2D eigenvalue weighted by Gasteiger charge is -2.05. The maximum absolute atomic E-state index is 9.24. The predicted molar refractivity (Wildman–Crippen MR) is 92.8 cm³/mol. The first-order valence-corrected chi connectivity index (χ1v) is 8.03. The molecule has 0 saturated heterocycles. The maximum atomic E-state index is 9.24. The first-order valence-electron chi connectivity index (χ1n) is 8.03. The van der Waals surface area contributed by atoms with Gasteiger partial charge in [0.1, 0.15) is 0 Å². The van der Waals surface area contributed by atoms with Gasteiger partial charge in [0.2, 0.25) is 0 Å². The standard InChI is InChI=1S/C9H18O2.C9H16O2/c1-8(10)6-4-3-5-7-9(2)11;1-2-3-6-9(11)7-4-5-8-10/h3-4,8-11H,5-7H2,1-2H3;2,5,8-11H,1,3-4,6-7H2. The van der Waals surface area contributed by atoms with Crippen LogP contribution >= 0.6 is 0 Å². The molecule has 0 aromatic carbocycles. The fourth-order valence-corrected chi connectivity index (χ4v) is 1.57. The normalized spacial score (nSPS) is 15.3. The smallest absolute Gasteiger partial charge is 0.0751 e. The molecule has 0 bridgehead atoms. The average Bonchev–Trinajstić information content (AvgIpc) is 2.45. The van der Waals surface area contributed by atoms with E-state index in [0.717, 1.165) is 38.4 Å². The van der Waals surface area contributed by atoms with E-state index in [1.54, 1.807) is 26.0 Å². The number of aliphatic hydroxyl groups is 4. The van der Waals surface area contributed by atoms with E-state index < -0.39 is 0 Å². The van der Waals surface area contributed by atoms with Crippen molar-refractivity contribution in [2.45, 2.75) is 77.1 Å². The molecular formula is C18H34O4. The third-order valence-corrected chi connectivity index (χ3v) is 2.87. The minimum atomic E-state index is -0.260. The summed E-state index contributed by atoms with van der Waals surface area (Å²) >= 11 is 0. The van der Waals surface area contributed by atoms with Gasteiger partial charge in [0, 0.05) is 0 Å². The molecule has 0 spiro atoms. The van der Waals surface area contributed by atoms with E-state index in [2.05, 4.69) is 6.58 Å². The quantitative estimate of drug-likeness (QED) is 0.347. The molecule has 0 heterocycles. The van der Waals surface area contributed by atoms with E-state index >= 15 is 0 Å². The molecule has 4 heteroatoms. The van der Waals surface area contributed by atoms with Crippen molar-refractivity contribution in [2.75, 3.05) is 0 Å². The topological polar surface area (TPSA) is 80.9 Å². The third kappa shape index (κ3) is 24.0. The fourth-order valence-electron chi connectivity index (χ4n) is 1.57. The first kappa shape index (κ1) is 23.2. The summed E-state index contributed by atoms with van der Waals surface area (Å²) in [5.41, 5.74) is 0. The van der Waals surface area contributed by atoms with E-state index in [-0.39, 0.29) is 18.3 Å². The number of hydrogen-bond acceptors (Lipinski definition) is 4. The molecule has 0 aliphatic carbocycles. The molecule has 4 N–H and O–H groups in total. The Bertz CT molecular complexity index is 283. The maximum Gasteiger partial charge on any atom is 0.0751 e. The molecule has 0 fully saturated rings. The summed E-state index contributed by atoms with van der Waals surface area (Å²) in [5.74, 6) is 0. The third-order valence-electron chi connectivity index (χ3n) is 2.87. The van der Waals surface area contributed by atoms with Crippen molar-refractivity contribution in [1.29, 1.82) is 0 Å². The Balaban J connectivity index is 0. The highest BCUT2D eigenvalue weighted by atomic mass is 16.3. The van der Waals surface area contributed by atoms with Crippen molar-refractivity contribution < 1.29 is 20.4 Å². The van der Waals surface area contributed by atoms with Gasteiger partial charge < -0.3 is 20.4 Å². The summed E-state index contributed by atoms with van der Waals surface area (Å²) < 4.78 is 0. The molecule has 0 rings (SSSR count). The zero-order chi connectivity index (χ0) is 17.2. The van der Waals surface area contributed by atoms with Gasteiger partial charge in [-0.1, -0.05) is 24.3 Å². The molecule has 0 aromatic rings. The van der Waals surface area contributed by atoms with Crippen molar-refractivity contribution in [3.8, 4) is 0 Å². The summed E-state index contributed by atoms with van der Waals surface area (Å²) in [6.45, 7) is 7.11. The van der Waals surface area contributed by atoms with Gasteiger partial charge in [0.05, 0.1) is 24.6 Å². The highest BCUT2D eigenvalue weighted by molar-refractivity contribution is 4.83. The molecule has 0 aliphatic heterocycles. The molecule has 0 aromatic heterocycles. The van der Waals surface area contributed by atoms with Crippen LogP contribution in [-0.2, 0) is 0 Å². The molecule has 22 heavy (non-hydrogen) atoms. The van der Waals surface area contributed by atoms with Gasteiger partial charge in [0.15, 0.2) is 0 Å². The highest BCUT2D eigenvalue weighted by Crippen LogP contribution is 2.05. The van der Waals surface area contributed by atoms with Crippen LogP contribution in [-0.4, -0.2) is 38.7 Å². The summed E-state index contributed by atoms with van der Waals surface area (Å²) in [7, 11) is 0. The second-order valence-corrected chi connectivity index (χ2v) is 5.46. The largest absolute Gasteiger partial charge is 0.516 e. The minimum absolute atomic E-state index is 0.216. The summed E-state index contributed by atoms with van der Waals surface area (Å²) in [6, 6.07) is 0. The molecular weight excluding hydrogens is 280 g/mol. The molecule has 0 saturated carbocycles. The van der Waals surface area contributed by atoms with E-state index in [1.807, 2.05) is 12.2 Å². The number of allylic oxidation sites excluding steroid dienone is 3. The van der Waals surface area contributed by atoms with Crippen molar-refractivity contribution >= 4 is 0 Å². The molecule has 0 amide bonds. The van der Waals surface area contributed by atoms with Crippen molar-refractivity contribution in [1.82, 2.24) is 0 Å². The lowest BCUT2D eigenvalue weighted by atomic mass is 10.1. The molecule has 3 unspecified atom stereocenters.